The van der Waals surface area contributed by atoms with Gasteiger partial charge in [-0.15, -0.1) is 0 Å². The average molecular weight is 354 g/mol. The fraction of sp³-hybridized carbons (Fsp3) is 0.870. The fourth-order valence-corrected chi connectivity index (χ4v) is 9.30. The lowest BCUT2D eigenvalue weighted by Gasteiger charge is -2.43. The number of carbonyl (C=O) groups is 1. The molecule has 5 saturated carbocycles. The standard InChI is InChI=1S/C23H30O3/c24-23(26-18-3-1-2-6-25-18)15-9-13-8-14(15)22-17-10-16(21(13)22)19-11-4-5-12(7-11)20(17)19/h11,13-19,21-22H,1-10H2. The molecule has 7 rings (SSSR count). The Morgan fingerprint density at radius 3 is 2.85 bits per heavy atom. The summed E-state index contributed by atoms with van der Waals surface area (Å²) in [5, 5.41) is 0. The van der Waals surface area contributed by atoms with Crippen LogP contribution in [0.3, 0.4) is 0 Å². The Labute approximate surface area is 155 Å². The van der Waals surface area contributed by atoms with Gasteiger partial charge in [0.2, 0.25) is 6.29 Å². The van der Waals surface area contributed by atoms with Gasteiger partial charge in [0.05, 0.1) is 12.5 Å². The van der Waals surface area contributed by atoms with Crippen molar-refractivity contribution in [2.75, 3.05) is 6.61 Å². The molecule has 6 fully saturated rings. The molecule has 0 spiro atoms. The van der Waals surface area contributed by atoms with Crippen LogP contribution in [0.25, 0.3) is 0 Å². The first-order chi connectivity index (χ1) is 12.8. The van der Waals surface area contributed by atoms with E-state index in [1.54, 1.807) is 0 Å². The second kappa shape index (κ2) is 5.16. The van der Waals surface area contributed by atoms with Gasteiger partial charge >= 0.3 is 5.97 Å². The largest absolute Gasteiger partial charge is 0.436 e. The number of carbonyl (C=O) groups excluding carboxylic acids is 1. The van der Waals surface area contributed by atoms with Crippen LogP contribution in [-0.4, -0.2) is 18.9 Å². The number of rotatable bonds is 2. The highest BCUT2D eigenvalue weighted by Gasteiger charge is 2.69. The van der Waals surface area contributed by atoms with E-state index in [2.05, 4.69) is 0 Å². The minimum absolute atomic E-state index is 0.0766. The highest BCUT2D eigenvalue weighted by Crippen LogP contribution is 2.75. The number of esters is 1. The zero-order chi connectivity index (χ0) is 17.0. The first kappa shape index (κ1) is 15.1. The molecule has 26 heavy (non-hydrogen) atoms. The minimum Gasteiger partial charge on any atom is -0.436 e. The maximum atomic E-state index is 12.9. The van der Waals surface area contributed by atoms with Gasteiger partial charge in [-0.2, -0.15) is 0 Å². The van der Waals surface area contributed by atoms with Crippen molar-refractivity contribution < 1.29 is 14.3 Å². The highest BCUT2D eigenvalue weighted by atomic mass is 16.7. The van der Waals surface area contributed by atoms with E-state index in [0.717, 1.165) is 73.7 Å². The molecule has 0 amide bonds. The third-order valence-corrected chi connectivity index (χ3v) is 9.77. The van der Waals surface area contributed by atoms with E-state index in [-0.39, 0.29) is 18.2 Å². The summed E-state index contributed by atoms with van der Waals surface area (Å²) in [6, 6.07) is 0. The molecule has 6 bridgehead atoms. The van der Waals surface area contributed by atoms with Crippen LogP contribution >= 0.6 is 0 Å². The monoisotopic (exact) mass is 354 g/mol. The average Bonchev–Trinajstić information content (AvgIpc) is 3.48. The summed E-state index contributed by atoms with van der Waals surface area (Å²) in [5.41, 5.74) is 3.80. The smallest absolute Gasteiger partial charge is 0.311 e. The van der Waals surface area contributed by atoms with Crippen LogP contribution in [0.2, 0.25) is 0 Å². The van der Waals surface area contributed by atoms with Crippen LogP contribution in [0.1, 0.15) is 57.8 Å². The van der Waals surface area contributed by atoms with E-state index >= 15 is 0 Å². The lowest BCUT2D eigenvalue weighted by Crippen LogP contribution is -2.41. The maximum absolute atomic E-state index is 12.9. The Morgan fingerprint density at radius 2 is 1.96 bits per heavy atom. The van der Waals surface area contributed by atoms with Gasteiger partial charge in [0.15, 0.2) is 0 Å². The molecule has 0 radical (unpaired) electrons. The first-order valence-corrected chi connectivity index (χ1v) is 11.3. The van der Waals surface area contributed by atoms with Crippen molar-refractivity contribution in [2.45, 2.75) is 64.1 Å². The first-order valence-electron chi connectivity index (χ1n) is 11.3. The van der Waals surface area contributed by atoms with Gasteiger partial charge in [-0.3, -0.25) is 4.79 Å². The van der Waals surface area contributed by atoms with Gasteiger partial charge < -0.3 is 9.47 Å². The van der Waals surface area contributed by atoms with E-state index in [0.29, 0.717) is 5.92 Å². The highest BCUT2D eigenvalue weighted by molar-refractivity contribution is 5.74. The number of allylic oxidation sites excluding steroid dienone is 2. The predicted octanol–water partition coefficient (Wildman–Crippen LogP) is 4.32. The van der Waals surface area contributed by atoms with E-state index in [4.69, 9.17) is 9.47 Å². The zero-order valence-electron chi connectivity index (χ0n) is 15.6. The van der Waals surface area contributed by atoms with Crippen molar-refractivity contribution in [3.05, 3.63) is 11.1 Å². The number of ether oxygens (including phenoxy) is 2. The summed E-state index contributed by atoms with van der Waals surface area (Å²) in [6.07, 6.45) is 11.1. The molecule has 1 saturated heterocycles. The molecular weight excluding hydrogens is 324 g/mol. The molecule has 1 heterocycles. The molecule has 140 valence electrons. The normalized spacial score (nSPS) is 55.5. The van der Waals surface area contributed by atoms with E-state index < -0.39 is 0 Å². The van der Waals surface area contributed by atoms with Gasteiger partial charge in [0.25, 0.3) is 0 Å². The maximum Gasteiger partial charge on any atom is 0.311 e. The molecule has 0 aromatic heterocycles. The van der Waals surface area contributed by atoms with Crippen molar-refractivity contribution >= 4 is 5.97 Å². The molecule has 3 nitrogen and oxygen atoms in total. The molecule has 10 atom stereocenters. The Balaban J connectivity index is 1.14. The molecule has 1 aliphatic heterocycles. The lowest BCUT2D eigenvalue weighted by atomic mass is 9.61. The van der Waals surface area contributed by atoms with Crippen LogP contribution in [-0.2, 0) is 14.3 Å². The summed E-state index contributed by atoms with van der Waals surface area (Å²) in [7, 11) is 0. The summed E-state index contributed by atoms with van der Waals surface area (Å²) in [6.45, 7) is 0.753. The van der Waals surface area contributed by atoms with Crippen molar-refractivity contribution in [3.8, 4) is 0 Å². The van der Waals surface area contributed by atoms with Crippen LogP contribution in [0.4, 0.5) is 0 Å². The summed E-state index contributed by atoms with van der Waals surface area (Å²) < 4.78 is 11.5. The second-order valence-electron chi connectivity index (χ2n) is 10.5. The molecule has 7 aliphatic rings. The van der Waals surface area contributed by atoms with Crippen LogP contribution < -0.4 is 0 Å². The van der Waals surface area contributed by atoms with E-state index in [1.165, 1.54) is 32.1 Å². The van der Waals surface area contributed by atoms with Crippen molar-refractivity contribution in [3.63, 3.8) is 0 Å². The summed E-state index contributed by atoms with van der Waals surface area (Å²) in [4.78, 5) is 12.9. The Morgan fingerprint density at radius 1 is 1.00 bits per heavy atom. The molecule has 10 unspecified atom stereocenters. The van der Waals surface area contributed by atoms with Crippen LogP contribution in [0.5, 0.6) is 0 Å². The van der Waals surface area contributed by atoms with Crippen molar-refractivity contribution in [1.82, 2.24) is 0 Å². The lowest BCUT2D eigenvalue weighted by molar-refractivity contribution is -0.193. The third-order valence-electron chi connectivity index (χ3n) is 9.77. The van der Waals surface area contributed by atoms with Crippen LogP contribution in [0, 0.1) is 53.3 Å². The SMILES string of the molecule is O=C(OC1CCCCO1)C1CC2CC1C1C3CC(C4C3=C3CCC4C3)C21. The van der Waals surface area contributed by atoms with Crippen molar-refractivity contribution in [2.24, 2.45) is 53.3 Å². The quantitative estimate of drug-likeness (QED) is 0.421. The Kier molecular flexibility index (Phi) is 3.00. The van der Waals surface area contributed by atoms with Gasteiger partial charge in [0.1, 0.15) is 0 Å². The molecule has 0 aromatic carbocycles. The van der Waals surface area contributed by atoms with Gasteiger partial charge in [0, 0.05) is 6.42 Å². The van der Waals surface area contributed by atoms with Crippen molar-refractivity contribution in [1.29, 1.82) is 0 Å². The zero-order valence-corrected chi connectivity index (χ0v) is 15.6. The topological polar surface area (TPSA) is 35.5 Å². The van der Waals surface area contributed by atoms with E-state index in [1.807, 2.05) is 11.1 Å². The number of hydrogen-bond donors (Lipinski definition) is 0. The van der Waals surface area contributed by atoms with Crippen LogP contribution in [0.15, 0.2) is 11.1 Å². The number of fused-ring (bicyclic) bond motifs is 15. The van der Waals surface area contributed by atoms with E-state index in [9.17, 15) is 4.79 Å². The second-order valence-corrected chi connectivity index (χ2v) is 10.5. The third kappa shape index (κ3) is 1.77. The molecule has 6 aliphatic carbocycles. The minimum atomic E-state index is -0.258. The Hall–Kier alpha value is -0.830. The van der Waals surface area contributed by atoms with Gasteiger partial charge in [-0.05, 0) is 98.7 Å². The molecule has 0 N–H and O–H groups in total. The summed E-state index contributed by atoms with van der Waals surface area (Å²) in [5.74, 6) is 7.28. The molecule has 0 aromatic rings. The Bertz CT molecular complexity index is 690. The fourth-order valence-electron chi connectivity index (χ4n) is 9.30. The van der Waals surface area contributed by atoms with Gasteiger partial charge in [-0.25, -0.2) is 0 Å². The molecule has 3 heteroatoms. The predicted molar refractivity (Wildman–Crippen MR) is 95.8 cm³/mol. The van der Waals surface area contributed by atoms with Gasteiger partial charge in [-0.1, -0.05) is 11.1 Å². The number of hydrogen-bond acceptors (Lipinski definition) is 3. The molecular formula is C23H30O3. The summed E-state index contributed by atoms with van der Waals surface area (Å²) >= 11 is 0.